The van der Waals surface area contributed by atoms with Gasteiger partial charge in [-0.3, -0.25) is 0 Å². The van der Waals surface area contributed by atoms with Crippen molar-refractivity contribution in [3.05, 3.63) is 46.1 Å². The summed E-state index contributed by atoms with van der Waals surface area (Å²) in [6.07, 6.45) is 6.20. The SMILES string of the molecule is CC(C)=CCCC(C)=CCc1c(O)cc(C)c(C(=O)O)c1O. The van der Waals surface area contributed by atoms with E-state index in [0.717, 1.165) is 18.4 Å². The molecule has 0 heterocycles. The van der Waals surface area contributed by atoms with E-state index in [-0.39, 0.29) is 22.6 Å². The van der Waals surface area contributed by atoms with Crippen molar-refractivity contribution < 1.29 is 20.1 Å². The molecule has 0 aliphatic heterocycles. The molecule has 4 heteroatoms. The maximum atomic E-state index is 11.2. The van der Waals surface area contributed by atoms with Crippen LogP contribution < -0.4 is 0 Å². The Hall–Kier alpha value is -2.23. The summed E-state index contributed by atoms with van der Waals surface area (Å²) >= 11 is 0. The smallest absolute Gasteiger partial charge is 0.339 e. The Labute approximate surface area is 131 Å². The molecule has 1 aromatic rings. The Kier molecular flexibility index (Phi) is 6.23. The van der Waals surface area contributed by atoms with Crippen molar-refractivity contribution in [2.45, 2.75) is 47.0 Å². The highest BCUT2D eigenvalue weighted by Gasteiger charge is 2.19. The van der Waals surface area contributed by atoms with Gasteiger partial charge in [0.2, 0.25) is 0 Å². The third-order valence-electron chi connectivity index (χ3n) is 3.54. The van der Waals surface area contributed by atoms with E-state index in [2.05, 4.69) is 19.9 Å². The molecule has 4 nitrogen and oxygen atoms in total. The number of aromatic carboxylic acids is 1. The molecule has 0 aliphatic carbocycles. The third-order valence-corrected chi connectivity index (χ3v) is 3.54. The van der Waals surface area contributed by atoms with Crippen LogP contribution in [0.3, 0.4) is 0 Å². The number of allylic oxidation sites excluding steroid dienone is 4. The van der Waals surface area contributed by atoms with Gasteiger partial charge in [-0.1, -0.05) is 23.3 Å². The van der Waals surface area contributed by atoms with Crippen LogP contribution in [0.5, 0.6) is 11.5 Å². The molecule has 0 radical (unpaired) electrons. The number of carbonyl (C=O) groups is 1. The van der Waals surface area contributed by atoms with Gasteiger partial charge in [0, 0.05) is 5.56 Å². The molecule has 1 aromatic carbocycles. The summed E-state index contributed by atoms with van der Waals surface area (Å²) in [6, 6.07) is 1.38. The molecular weight excluding hydrogens is 280 g/mol. The lowest BCUT2D eigenvalue weighted by Gasteiger charge is -2.11. The molecule has 120 valence electrons. The average molecular weight is 304 g/mol. The number of hydrogen-bond donors (Lipinski definition) is 3. The Bertz CT molecular complexity index is 620. The quantitative estimate of drug-likeness (QED) is 0.683. The van der Waals surface area contributed by atoms with Gasteiger partial charge in [0.25, 0.3) is 0 Å². The lowest BCUT2D eigenvalue weighted by molar-refractivity contribution is 0.0692. The molecule has 0 aliphatic rings. The Morgan fingerprint density at radius 3 is 2.36 bits per heavy atom. The van der Waals surface area contributed by atoms with Crippen molar-refractivity contribution in [3.8, 4) is 11.5 Å². The highest BCUT2D eigenvalue weighted by atomic mass is 16.4. The minimum absolute atomic E-state index is 0.0756. The van der Waals surface area contributed by atoms with Gasteiger partial charge in [-0.05, 0) is 58.6 Å². The van der Waals surface area contributed by atoms with E-state index in [9.17, 15) is 15.0 Å². The first-order valence-corrected chi connectivity index (χ1v) is 7.30. The lowest BCUT2D eigenvalue weighted by atomic mass is 9.98. The summed E-state index contributed by atoms with van der Waals surface area (Å²) in [5.74, 6) is -1.62. The molecule has 0 saturated carbocycles. The number of benzene rings is 1. The van der Waals surface area contributed by atoms with Gasteiger partial charge < -0.3 is 15.3 Å². The van der Waals surface area contributed by atoms with E-state index >= 15 is 0 Å². The molecule has 0 amide bonds. The number of carboxylic acids is 1. The van der Waals surface area contributed by atoms with Gasteiger partial charge in [-0.2, -0.15) is 0 Å². The predicted molar refractivity (Wildman–Crippen MR) is 87.6 cm³/mol. The van der Waals surface area contributed by atoms with Gasteiger partial charge in [0.05, 0.1) is 0 Å². The number of phenols is 2. The monoisotopic (exact) mass is 304 g/mol. The minimum Gasteiger partial charge on any atom is -0.508 e. The van der Waals surface area contributed by atoms with E-state index in [0.29, 0.717) is 12.0 Å². The van der Waals surface area contributed by atoms with Crippen LogP contribution in [0.4, 0.5) is 0 Å². The summed E-state index contributed by atoms with van der Waals surface area (Å²) in [6.45, 7) is 7.64. The van der Waals surface area contributed by atoms with Crippen molar-refractivity contribution in [1.29, 1.82) is 0 Å². The first kappa shape index (κ1) is 17.8. The van der Waals surface area contributed by atoms with E-state index in [4.69, 9.17) is 5.11 Å². The summed E-state index contributed by atoms with van der Waals surface area (Å²) in [5.41, 5.74) is 2.85. The zero-order valence-electron chi connectivity index (χ0n) is 13.6. The Balaban J connectivity index is 2.96. The van der Waals surface area contributed by atoms with Crippen LogP contribution in [0.2, 0.25) is 0 Å². The number of hydrogen-bond acceptors (Lipinski definition) is 3. The van der Waals surface area contributed by atoms with Gasteiger partial charge >= 0.3 is 5.97 Å². The first-order chi connectivity index (χ1) is 10.2. The number of carboxylic acid groups (broad SMARTS) is 1. The van der Waals surface area contributed by atoms with Crippen molar-refractivity contribution >= 4 is 5.97 Å². The number of aromatic hydroxyl groups is 2. The normalized spacial score (nSPS) is 11.4. The molecule has 0 spiro atoms. The maximum Gasteiger partial charge on any atom is 0.339 e. The fourth-order valence-electron chi connectivity index (χ4n) is 2.26. The van der Waals surface area contributed by atoms with Crippen LogP contribution in [0, 0.1) is 6.92 Å². The zero-order chi connectivity index (χ0) is 16.9. The van der Waals surface area contributed by atoms with Gasteiger partial charge in [0.15, 0.2) is 0 Å². The highest BCUT2D eigenvalue weighted by Crippen LogP contribution is 2.34. The highest BCUT2D eigenvalue weighted by molar-refractivity contribution is 5.93. The molecule has 0 aromatic heterocycles. The van der Waals surface area contributed by atoms with Gasteiger partial charge in [0.1, 0.15) is 17.1 Å². The van der Waals surface area contributed by atoms with Crippen molar-refractivity contribution in [1.82, 2.24) is 0 Å². The van der Waals surface area contributed by atoms with E-state index < -0.39 is 5.97 Å². The second kappa shape index (κ2) is 7.69. The topological polar surface area (TPSA) is 77.8 Å². The molecular formula is C18H24O4. The second-order valence-corrected chi connectivity index (χ2v) is 5.79. The lowest BCUT2D eigenvalue weighted by Crippen LogP contribution is -2.02. The van der Waals surface area contributed by atoms with Crippen molar-refractivity contribution in [2.75, 3.05) is 0 Å². The largest absolute Gasteiger partial charge is 0.508 e. The molecule has 1 rings (SSSR count). The van der Waals surface area contributed by atoms with E-state index in [1.165, 1.54) is 11.6 Å². The minimum atomic E-state index is -1.19. The standard InChI is InChI=1S/C18H24O4/c1-11(2)6-5-7-12(3)8-9-14-15(19)10-13(4)16(17(14)20)18(21)22/h6,8,10,19-20H,5,7,9H2,1-4H3,(H,21,22). The molecule has 0 bridgehead atoms. The fourth-order valence-corrected chi connectivity index (χ4v) is 2.26. The molecule has 3 N–H and O–H groups in total. The van der Waals surface area contributed by atoms with Crippen LogP contribution in [0.25, 0.3) is 0 Å². The summed E-state index contributed by atoms with van der Waals surface area (Å²) in [5, 5.41) is 29.2. The summed E-state index contributed by atoms with van der Waals surface area (Å²) in [7, 11) is 0. The number of rotatable bonds is 6. The fraction of sp³-hybridized carbons (Fsp3) is 0.389. The maximum absolute atomic E-state index is 11.2. The molecule has 0 saturated heterocycles. The molecule has 0 fully saturated rings. The predicted octanol–water partition coefficient (Wildman–Crippen LogP) is 4.34. The Morgan fingerprint density at radius 1 is 1.18 bits per heavy atom. The summed E-state index contributed by atoms with van der Waals surface area (Å²) < 4.78 is 0. The van der Waals surface area contributed by atoms with Gasteiger partial charge in [-0.15, -0.1) is 0 Å². The van der Waals surface area contributed by atoms with Crippen molar-refractivity contribution in [3.63, 3.8) is 0 Å². The van der Waals surface area contributed by atoms with Crippen LogP contribution in [0.15, 0.2) is 29.4 Å². The van der Waals surface area contributed by atoms with E-state index in [1.54, 1.807) is 6.92 Å². The zero-order valence-corrected chi connectivity index (χ0v) is 13.6. The Morgan fingerprint density at radius 2 is 1.82 bits per heavy atom. The van der Waals surface area contributed by atoms with E-state index in [1.807, 2.05) is 13.0 Å². The van der Waals surface area contributed by atoms with Crippen molar-refractivity contribution in [2.24, 2.45) is 0 Å². The molecule has 0 unspecified atom stereocenters. The number of aryl methyl sites for hydroxylation is 1. The second-order valence-electron chi connectivity index (χ2n) is 5.79. The third kappa shape index (κ3) is 4.65. The first-order valence-electron chi connectivity index (χ1n) is 7.30. The van der Waals surface area contributed by atoms with Crippen LogP contribution >= 0.6 is 0 Å². The van der Waals surface area contributed by atoms with Crippen LogP contribution in [0.1, 0.15) is 55.1 Å². The summed E-state index contributed by atoms with van der Waals surface area (Å²) in [4.78, 5) is 11.2. The van der Waals surface area contributed by atoms with Crippen LogP contribution in [-0.2, 0) is 6.42 Å². The molecule has 0 atom stereocenters. The molecule has 22 heavy (non-hydrogen) atoms. The average Bonchev–Trinajstić information content (AvgIpc) is 2.36. The van der Waals surface area contributed by atoms with Crippen LogP contribution in [-0.4, -0.2) is 21.3 Å². The number of phenolic OH excluding ortho intramolecular Hbond substituents is 1. The van der Waals surface area contributed by atoms with Gasteiger partial charge in [-0.25, -0.2) is 4.79 Å².